The number of carbonyl (C=O) groups is 2. The van der Waals surface area contributed by atoms with E-state index in [0.29, 0.717) is 13.0 Å². The first-order valence-electron chi connectivity index (χ1n) is 5.37. The Morgan fingerprint density at radius 2 is 1.88 bits per heavy atom. The molecule has 0 aromatic heterocycles. The number of carbonyl (C=O) groups excluding carboxylic acids is 2. The molecule has 0 heterocycles. The maximum atomic E-state index is 11.5. The van der Waals surface area contributed by atoms with Crippen molar-refractivity contribution in [2.75, 3.05) is 13.6 Å². The van der Waals surface area contributed by atoms with E-state index in [-0.39, 0.29) is 17.9 Å². The topological polar surface area (TPSA) is 72.6 Å². The smallest absolute Gasteiger partial charge is 0.410 e. The van der Waals surface area contributed by atoms with Gasteiger partial charge in [0.05, 0.1) is 0 Å². The minimum Gasteiger partial charge on any atom is -0.444 e. The molecule has 94 valence electrons. The van der Waals surface area contributed by atoms with Crippen molar-refractivity contribution in [2.24, 2.45) is 11.7 Å². The largest absolute Gasteiger partial charge is 0.444 e. The van der Waals surface area contributed by atoms with Crippen LogP contribution in [0.25, 0.3) is 0 Å². The van der Waals surface area contributed by atoms with Gasteiger partial charge in [0, 0.05) is 19.5 Å². The molecule has 5 nitrogen and oxygen atoms in total. The van der Waals surface area contributed by atoms with Crippen molar-refractivity contribution in [1.82, 2.24) is 4.90 Å². The summed E-state index contributed by atoms with van der Waals surface area (Å²) in [5, 5.41) is 0. The van der Waals surface area contributed by atoms with E-state index in [2.05, 4.69) is 0 Å². The molecule has 0 bridgehead atoms. The quantitative estimate of drug-likeness (QED) is 0.792. The molecule has 0 radical (unpaired) electrons. The molecule has 0 saturated heterocycles. The number of rotatable bonds is 4. The highest BCUT2D eigenvalue weighted by molar-refractivity contribution is 5.76. The summed E-state index contributed by atoms with van der Waals surface area (Å²) >= 11 is 0. The summed E-state index contributed by atoms with van der Waals surface area (Å²) in [6, 6.07) is 0. The van der Waals surface area contributed by atoms with Gasteiger partial charge in [0.2, 0.25) is 5.91 Å². The van der Waals surface area contributed by atoms with E-state index in [1.54, 1.807) is 14.0 Å². The van der Waals surface area contributed by atoms with Crippen LogP contribution in [-0.4, -0.2) is 36.1 Å². The van der Waals surface area contributed by atoms with Crippen LogP contribution in [0.5, 0.6) is 0 Å². The molecular formula is C11H22N2O3. The minimum atomic E-state index is -0.499. The van der Waals surface area contributed by atoms with E-state index < -0.39 is 5.60 Å². The van der Waals surface area contributed by atoms with E-state index in [1.807, 2.05) is 20.8 Å². The van der Waals surface area contributed by atoms with Gasteiger partial charge in [0.1, 0.15) is 5.60 Å². The Labute approximate surface area is 96.9 Å². The van der Waals surface area contributed by atoms with Crippen LogP contribution in [0.4, 0.5) is 4.79 Å². The number of nitrogens with zero attached hydrogens (tertiary/aromatic N) is 1. The molecule has 0 fully saturated rings. The summed E-state index contributed by atoms with van der Waals surface area (Å²) in [5.74, 6) is -0.581. The van der Waals surface area contributed by atoms with E-state index in [1.165, 1.54) is 4.90 Å². The zero-order valence-corrected chi connectivity index (χ0v) is 10.7. The van der Waals surface area contributed by atoms with Crippen molar-refractivity contribution in [3.8, 4) is 0 Å². The third-order valence-corrected chi connectivity index (χ3v) is 2.09. The molecule has 0 aromatic carbocycles. The molecule has 1 atom stereocenters. The molecule has 0 spiro atoms. The second-order valence-electron chi connectivity index (χ2n) is 4.99. The van der Waals surface area contributed by atoms with Crippen molar-refractivity contribution in [3.05, 3.63) is 0 Å². The third-order valence-electron chi connectivity index (χ3n) is 2.09. The minimum absolute atomic E-state index is 0.232. The fraction of sp³-hybridized carbons (Fsp3) is 0.818. The second kappa shape index (κ2) is 5.72. The molecule has 0 saturated carbocycles. The Morgan fingerprint density at radius 3 is 2.25 bits per heavy atom. The van der Waals surface area contributed by atoms with Gasteiger partial charge in [-0.05, 0) is 27.2 Å². The summed E-state index contributed by atoms with van der Waals surface area (Å²) in [5.41, 5.74) is 4.63. The van der Waals surface area contributed by atoms with E-state index in [9.17, 15) is 9.59 Å². The molecule has 0 rings (SSSR count). The summed E-state index contributed by atoms with van der Waals surface area (Å²) in [6.07, 6.45) is 0.162. The average molecular weight is 230 g/mol. The van der Waals surface area contributed by atoms with Crippen molar-refractivity contribution in [2.45, 2.75) is 39.7 Å². The summed E-state index contributed by atoms with van der Waals surface area (Å²) < 4.78 is 5.16. The summed E-state index contributed by atoms with van der Waals surface area (Å²) in [6.45, 7) is 7.63. The molecule has 5 heteroatoms. The lowest BCUT2D eigenvalue weighted by atomic mass is 10.1. The lowest BCUT2D eigenvalue weighted by Crippen LogP contribution is -2.36. The predicted octanol–water partition coefficient (Wildman–Crippen LogP) is 1.36. The van der Waals surface area contributed by atoms with Crippen LogP contribution in [0.1, 0.15) is 34.1 Å². The standard InChI is InChI=1S/C11H22N2O3/c1-8(9(12)14)6-7-13(5)10(15)16-11(2,3)4/h8H,6-7H2,1-5H3,(H2,12,14). The van der Waals surface area contributed by atoms with Crippen molar-refractivity contribution in [1.29, 1.82) is 0 Å². The number of hydrogen-bond donors (Lipinski definition) is 1. The summed E-state index contributed by atoms with van der Waals surface area (Å²) in [7, 11) is 1.64. The number of amides is 2. The van der Waals surface area contributed by atoms with Gasteiger partial charge in [0.15, 0.2) is 0 Å². The molecule has 0 aromatic rings. The maximum Gasteiger partial charge on any atom is 0.410 e. The number of hydrogen-bond acceptors (Lipinski definition) is 3. The first-order chi connectivity index (χ1) is 7.13. The highest BCUT2D eigenvalue weighted by atomic mass is 16.6. The molecule has 2 N–H and O–H groups in total. The zero-order chi connectivity index (χ0) is 12.9. The van der Waals surface area contributed by atoms with Crippen molar-refractivity contribution in [3.63, 3.8) is 0 Å². The van der Waals surface area contributed by atoms with Gasteiger partial charge in [-0.3, -0.25) is 4.79 Å². The Hall–Kier alpha value is -1.26. The molecule has 2 amide bonds. The van der Waals surface area contributed by atoms with Gasteiger partial charge >= 0.3 is 6.09 Å². The molecular weight excluding hydrogens is 208 g/mol. The monoisotopic (exact) mass is 230 g/mol. The Morgan fingerprint density at radius 1 is 1.38 bits per heavy atom. The van der Waals surface area contributed by atoms with Crippen LogP contribution in [0.15, 0.2) is 0 Å². The molecule has 0 aliphatic heterocycles. The summed E-state index contributed by atoms with van der Waals surface area (Å²) in [4.78, 5) is 23.8. The first kappa shape index (κ1) is 14.7. The SMILES string of the molecule is CC(CCN(C)C(=O)OC(C)(C)C)C(N)=O. The Bertz CT molecular complexity index is 258. The van der Waals surface area contributed by atoms with E-state index in [4.69, 9.17) is 10.5 Å². The fourth-order valence-electron chi connectivity index (χ4n) is 0.961. The van der Waals surface area contributed by atoms with Crippen molar-refractivity contribution < 1.29 is 14.3 Å². The van der Waals surface area contributed by atoms with Gasteiger partial charge in [0.25, 0.3) is 0 Å². The van der Waals surface area contributed by atoms with Crippen LogP contribution in [0, 0.1) is 5.92 Å². The van der Waals surface area contributed by atoms with Crippen LogP contribution in [0.3, 0.4) is 0 Å². The van der Waals surface area contributed by atoms with Crippen LogP contribution in [-0.2, 0) is 9.53 Å². The third kappa shape index (κ3) is 6.27. The highest BCUT2D eigenvalue weighted by Crippen LogP contribution is 2.10. The van der Waals surface area contributed by atoms with Gasteiger partial charge in [-0.2, -0.15) is 0 Å². The number of primary amides is 1. The molecule has 16 heavy (non-hydrogen) atoms. The van der Waals surface area contributed by atoms with Gasteiger partial charge < -0.3 is 15.4 Å². The van der Waals surface area contributed by atoms with Crippen LogP contribution < -0.4 is 5.73 Å². The lowest BCUT2D eigenvalue weighted by molar-refractivity contribution is -0.121. The first-order valence-corrected chi connectivity index (χ1v) is 5.37. The fourth-order valence-corrected chi connectivity index (χ4v) is 0.961. The molecule has 0 aliphatic carbocycles. The van der Waals surface area contributed by atoms with Gasteiger partial charge in [-0.1, -0.05) is 6.92 Å². The second-order valence-corrected chi connectivity index (χ2v) is 4.99. The van der Waals surface area contributed by atoms with E-state index in [0.717, 1.165) is 0 Å². The Balaban J connectivity index is 4.02. The molecule has 1 unspecified atom stereocenters. The molecule has 0 aliphatic rings. The number of ether oxygens (including phenoxy) is 1. The van der Waals surface area contributed by atoms with Crippen LogP contribution in [0.2, 0.25) is 0 Å². The van der Waals surface area contributed by atoms with Crippen molar-refractivity contribution >= 4 is 12.0 Å². The van der Waals surface area contributed by atoms with Gasteiger partial charge in [-0.15, -0.1) is 0 Å². The predicted molar refractivity (Wildman–Crippen MR) is 61.8 cm³/mol. The maximum absolute atomic E-state index is 11.5. The highest BCUT2D eigenvalue weighted by Gasteiger charge is 2.20. The zero-order valence-electron chi connectivity index (χ0n) is 10.7. The van der Waals surface area contributed by atoms with Crippen LogP contribution >= 0.6 is 0 Å². The number of nitrogens with two attached hydrogens (primary N) is 1. The Kier molecular flexibility index (Phi) is 5.27. The van der Waals surface area contributed by atoms with E-state index >= 15 is 0 Å². The lowest BCUT2D eigenvalue weighted by Gasteiger charge is -2.25. The average Bonchev–Trinajstić information content (AvgIpc) is 2.10. The normalized spacial score (nSPS) is 13.1. The van der Waals surface area contributed by atoms with Gasteiger partial charge in [-0.25, -0.2) is 4.79 Å².